The summed E-state index contributed by atoms with van der Waals surface area (Å²) in [6.45, 7) is 5.47. The van der Waals surface area contributed by atoms with Gasteiger partial charge in [-0.2, -0.15) is 5.10 Å². The second-order valence-corrected chi connectivity index (χ2v) is 4.45. The van der Waals surface area contributed by atoms with E-state index in [0.29, 0.717) is 0 Å². The van der Waals surface area contributed by atoms with Gasteiger partial charge in [0.25, 0.3) is 0 Å². The lowest BCUT2D eigenvalue weighted by Crippen LogP contribution is -2.15. The molecule has 0 saturated carbocycles. The van der Waals surface area contributed by atoms with E-state index in [1.54, 1.807) is 32.4 Å². The van der Waals surface area contributed by atoms with Crippen LogP contribution in [0.4, 0.5) is 0 Å². The van der Waals surface area contributed by atoms with Gasteiger partial charge in [0.2, 0.25) is 0 Å². The maximum Gasteiger partial charge on any atom is 0.0855 e. The molecule has 0 bridgehead atoms. The van der Waals surface area contributed by atoms with Gasteiger partial charge in [0, 0.05) is 23.5 Å². The molecule has 4 nitrogen and oxygen atoms in total. The van der Waals surface area contributed by atoms with Crippen LogP contribution in [0.1, 0.15) is 25.0 Å². The standard InChI is InChI=1S/C12H15N3O/c1-8-5-14-15-11(8)9-4-10(7-13-6-9)12(2,3)16/h4-7,16H,1-3H3,(H,14,15). The van der Waals surface area contributed by atoms with Crippen molar-refractivity contribution in [3.8, 4) is 11.3 Å². The summed E-state index contributed by atoms with van der Waals surface area (Å²) in [5, 5.41) is 16.8. The van der Waals surface area contributed by atoms with E-state index in [1.807, 2.05) is 13.0 Å². The van der Waals surface area contributed by atoms with Crippen LogP contribution in [0.3, 0.4) is 0 Å². The molecule has 0 atom stereocenters. The van der Waals surface area contributed by atoms with Crippen LogP contribution in [0.2, 0.25) is 0 Å². The van der Waals surface area contributed by atoms with E-state index in [1.165, 1.54) is 0 Å². The van der Waals surface area contributed by atoms with Gasteiger partial charge in [-0.05, 0) is 32.4 Å². The second-order valence-electron chi connectivity index (χ2n) is 4.45. The molecule has 0 aliphatic heterocycles. The van der Waals surface area contributed by atoms with Crippen LogP contribution in [0, 0.1) is 6.92 Å². The van der Waals surface area contributed by atoms with E-state index >= 15 is 0 Å². The molecule has 0 aliphatic rings. The first kappa shape index (κ1) is 10.8. The normalized spacial score (nSPS) is 11.8. The number of hydrogen-bond donors (Lipinski definition) is 2. The van der Waals surface area contributed by atoms with E-state index in [-0.39, 0.29) is 0 Å². The molecular weight excluding hydrogens is 202 g/mol. The lowest BCUT2D eigenvalue weighted by Gasteiger charge is -2.17. The van der Waals surface area contributed by atoms with Gasteiger partial charge < -0.3 is 5.11 Å². The summed E-state index contributed by atoms with van der Waals surface area (Å²) in [5.74, 6) is 0. The van der Waals surface area contributed by atoms with E-state index in [9.17, 15) is 5.11 Å². The van der Waals surface area contributed by atoms with Crippen molar-refractivity contribution in [2.45, 2.75) is 26.4 Å². The zero-order valence-electron chi connectivity index (χ0n) is 9.65. The number of H-pyrrole nitrogens is 1. The number of rotatable bonds is 2. The van der Waals surface area contributed by atoms with Crippen molar-refractivity contribution in [1.29, 1.82) is 0 Å². The Kier molecular flexibility index (Phi) is 2.52. The summed E-state index contributed by atoms with van der Waals surface area (Å²) in [7, 11) is 0. The Morgan fingerprint density at radius 2 is 2.00 bits per heavy atom. The van der Waals surface area contributed by atoms with Gasteiger partial charge in [0.05, 0.1) is 17.5 Å². The highest BCUT2D eigenvalue weighted by molar-refractivity contribution is 5.62. The minimum atomic E-state index is -0.878. The van der Waals surface area contributed by atoms with Crippen molar-refractivity contribution in [3.63, 3.8) is 0 Å². The highest BCUT2D eigenvalue weighted by Gasteiger charge is 2.17. The topological polar surface area (TPSA) is 61.8 Å². The molecule has 2 heterocycles. The van der Waals surface area contributed by atoms with Gasteiger partial charge >= 0.3 is 0 Å². The van der Waals surface area contributed by atoms with Gasteiger partial charge in [-0.3, -0.25) is 10.1 Å². The summed E-state index contributed by atoms with van der Waals surface area (Å²) < 4.78 is 0. The number of pyridine rings is 1. The Bertz CT molecular complexity index is 497. The summed E-state index contributed by atoms with van der Waals surface area (Å²) in [6, 6.07) is 1.92. The minimum Gasteiger partial charge on any atom is -0.386 e. The van der Waals surface area contributed by atoms with Crippen LogP contribution in [0.25, 0.3) is 11.3 Å². The van der Waals surface area contributed by atoms with Crippen molar-refractivity contribution in [1.82, 2.24) is 15.2 Å². The first-order chi connectivity index (χ1) is 7.48. The highest BCUT2D eigenvalue weighted by atomic mass is 16.3. The van der Waals surface area contributed by atoms with Crippen molar-refractivity contribution in [3.05, 3.63) is 35.8 Å². The Labute approximate surface area is 94.4 Å². The van der Waals surface area contributed by atoms with Crippen LogP contribution >= 0.6 is 0 Å². The van der Waals surface area contributed by atoms with Gasteiger partial charge in [-0.25, -0.2) is 0 Å². The number of aromatic nitrogens is 3. The van der Waals surface area contributed by atoms with Gasteiger partial charge in [0.1, 0.15) is 0 Å². The predicted octanol–water partition coefficient (Wildman–Crippen LogP) is 2.01. The summed E-state index contributed by atoms with van der Waals surface area (Å²) in [4.78, 5) is 4.14. The summed E-state index contributed by atoms with van der Waals surface area (Å²) >= 11 is 0. The second kappa shape index (κ2) is 3.72. The first-order valence-corrected chi connectivity index (χ1v) is 5.17. The Balaban J connectivity index is 2.49. The van der Waals surface area contributed by atoms with Crippen molar-refractivity contribution in [2.75, 3.05) is 0 Å². The van der Waals surface area contributed by atoms with Crippen LogP contribution in [-0.4, -0.2) is 20.3 Å². The molecule has 2 aromatic heterocycles. The molecule has 2 aromatic rings. The SMILES string of the molecule is Cc1cn[nH]c1-c1cncc(C(C)(C)O)c1. The molecule has 0 amide bonds. The van der Waals surface area contributed by atoms with Crippen LogP contribution in [0.5, 0.6) is 0 Å². The summed E-state index contributed by atoms with van der Waals surface area (Å²) in [6.07, 6.45) is 5.21. The van der Waals surface area contributed by atoms with E-state index in [4.69, 9.17) is 0 Å². The molecule has 0 radical (unpaired) electrons. The molecule has 16 heavy (non-hydrogen) atoms. The fourth-order valence-electron chi connectivity index (χ4n) is 1.55. The molecule has 0 fully saturated rings. The van der Waals surface area contributed by atoms with Gasteiger partial charge in [-0.15, -0.1) is 0 Å². The summed E-state index contributed by atoms with van der Waals surface area (Å²) in [5.41, 5.74) is 2.86. The maximum atomic E-state index is 9.91. The zero-order valence-corrected chi connectivity index (χ0v) is 9.65. The molecular formula is C12H15N3O. The quantitative estimate of drug-likeness (QED) is 0.808. The van der Waals surface area contributed by atoms with E-state index < -0.39 is 5.60 Å². The number of aryl methyl sites for hydroxylation is 1. The molecule has 84 valence electrons. The predicted molar refractivity (Wildman–Crippen MR) is 61.8 cm³/mol. The number of hydrogen-bond acceptors (Lipinski definition) is 3. The molecule has 0 saturated heterocycles. The van der Waals surface area contributed by atoms with Crippen molar-refractivity contribution in [2.24, 2.45) is 0 Å². The first-order valence-electron chi connectivity index (χ1n) is 5.17. The molecule has 0 spiro atoms. The van der Waals surface area contributed by atoms with Crippen LogP contribution < -0.4 is 0 Å². The van der Waals surface area contributed by atoms with Crippen LogP contribution in [0.15, 0.2) is 24.7 Å². The number of nitrogens with one attached hydrogen (secondary N) is 1. The molecule has 0 aliphatic carbocycles. The largest absolute Gasteiger partial charge is 0.386 e. The third kappa shape index (κ3) is 1.97. The zero-order chi connectivity index (χ0) is 11.8. The fraction of sp³-hybridized carbons (Fsp3) is 0.333. The van der Waals surface area contributed by atoms with Crippen molar-refractivity contribution < 1.29 is 5.11 Å². The smallest absolute Gasteiger partial charge is 0.0855 e. The average Bonchev–Trinajstić information content (AvgIpc) is 2.63. The van der Waals surface area contributed by atoms with E-state index in [2.05, 4.69) is 15.2 Å². The van der Waals surface area contributed by atoms with Gasteiger partial charge in [-0.1, -0.05) is 0 Å². The Morgan fingerprint density at radius 3 is 2.56 bits per heavy atom. The number of nitrogens with zero attached hydrogens (tertiary/aromatic N) is 2. The van der Waals surface area contributed by atoms with Crippen molar-refractivity contribution >= 4 is 0 Å². The number of aliphatic hydroxyl groups is 1. The third-order valence-corrected chi connectivity index (χ3v) is 2.56. The Hall–Kier alpha value is -1.68. The molecule has 0 aromatic carbocycles. The Morgan fingerprint density at radius 1 is 1.25 bits per heavy atom. The lowest BCUT2D eigenvalue weighted by molar-refractivity contribution is 0.0783. The molecule has 0 unspecified atom stereocenters. The minimum absolute atomic E-state index is 0.791. The van der Waals surface area contributed by atoms with Gasteiger partial charge in [0.15, 0.2) is 0 Å². The maximum absolute atomic E-state index is 9.91. The third-order valence-electron chi connectivity index (χ3n) is 2.56. The lowest BCUT2D eigenvalue weighted by atomic mass is 9.98. The molecule has 2 rings (SSSR count). The van der Waals surface area contributed by atoms with E-state index in [0.717, 1.165) is 22.4 Å². The highest BCUT2D eigenvalue weighted by Crippen LogP contribution is 2.25. The van der Waals surface area contributed by atoms with Crippen LogP contribution in [-0.2, 0) is 5.60 Å². The molecule has 2 N–H and O–H groups in total. The fourth-order valence-corrected chi connectivity index (χ4v) is 1.55. The number of aromatic amines is 1. The molecule has 4 heteroatoms. The average molecular weight is 217 g/mol. The monoisotopic (exact) mass is 217 g/mol.